The second-order valence-electron chi connectivity index (χ2n) is 5.49. The van der Waals surface area contributed by atoms with E-state index in [1.807, 2.05) is 17.8 Å². The van der Waals surface area contributed by atoms with Gasteiger partial charge in [-0.3, -0.25) is 4.68 Å². The molecule has 4 rings (SSSR count). The molecule has 3 heterocycles. The zero-order chi connectivity index (χ0) is 14.4. The molecule has 5 nitrogen and oxygen atoms in total. The number of hydrogen-bond acceptors (Lipinski definition) is 4. The third-order valence-corrected chi connectivity index (χ3v) is 3.88. The highest BCUT2D eigenvalue weighted by Gasteiger charge is 2.27. The van der Waals surface area contributed by atoms with Crippen LogP contribution in [0, 0.1) is 12.7 Å². The molecule has 1 unspecified atom stereocenters. The average molecular weight is 286 g/mol. The first-order chi connectivity index (χ1) is 10.2. The molecule has 0 spiro atoms. The summed E-state index contributed by atoms with van der Waals surface area (Å²) in [4.78, 5) is 6.52. The summed E-state index contributed by atoms with van der Waals surface area (Å²) in [5.74, 6) is -0.309. The van der Waals surface area contributed by atoms with E-state index in [1.165, 1.54) is 12.1 Å². The fraction of sp³-hybridized carbons (Fsp3) is 0.333. The average Bonchev–Trinajstić information content (AvgIpc) is 3.14. The predicted molar refractivity (Wildman–Crippen MR) is 76.8 cm³/mol. The number of hydrogen-bond donors (Lipinski definition) is 0. The van der Waals surface area contributed by atoms with E-state index in [0.29, 0.717) is 23.2 Å². The van der Waals surface area contributed by atoms with E-state index >= 15 is 0 Å². The van der Waals surface area contributed by atoms with Crippen molar-refractivity contribution in [3.05, 3.63) is 42.0 Å². The molecule has 3 aromatic rings. The highest BCUT2D eigenvalue weighted by Crippen LogP contribution is 2.29. The molecular weight excluding hydrogens is 271 g/mol. The summed E-state index contributed by atoms with van der Waals surface area (Å²) < 4.78 is 20.9. The largest absolute Gasteiger partial charge is 0.423 e. The van der Waals surface area contributed by atoms with Crippen molar-refractivity contribution in [1.82, 2.24) is 14.8 Å². The maximum atomic E-state index is 13.2. The third kappa shape index (κ3) is 2.16. The molecule has 6 heteroatoms. The smallest absolute Gasteiger partial charge is 0.298 e. The Labute approximate surface area is 121 Å². The first-order valence-corrected chi connectivity index (χ1v) is 7.01. The minimum atomic E-state index is -0.309. The molecule has 0 radical (unpaired) electrons. The second-order valence-corrected chi connectivity index (χ2v) is 5.49. The Bertz CT molecular complexity index is 794. The van der Waals surface area contributed by atoms with E-state index in [0.717, 1.165) is 25.1 Å². The lowest BCUT2D eigenvalue weighted by Crippen LogP contribution is -2.21. The van der Waals surface area contributed by atoms with Crippen molar-refractivity contribution in [3.8, 4) is 0 Å². The first-order valence-electron chi connectivity index (χ1n) is 7.01. The molecule has 1 aliphatic heterocycles. The van der Waals surface area contributed by atoms with Crippen molar-refractivity contribution in [2.75, 3.05) is 18.0 Å². The number of nitrogens with zero attached hydrogens (tertiary/aromatic N) is 4. The first kappa shape index (κ1) is 12.4. The number of anilines is 1. The van der Waals surface area contributed by atoms with Crippen molar-refractivity contribution in [3.63, 3.8) is 0 Å². The van der Waals surface area contributed by atoms with Gasteiger partial charge in [0.1, 0.15) is 11.3 Å². The molecule has 1 saturated heterocycles. The number of fused-ring (bicyclic) bond motifs is 1. The quantitative estimate of drug-likeness (QED) is 0.726. The van der Waals surface area contributed by atoms with Crippen LogP contribution in [0.1, 0.15) is 18.0 Å². The van der Waals surface area contributed by atoms with E-state index in [1.54, 1.807) is 6.07 Å². The molecule has 1 aliphatic rings. The Kier molecular flexibility index (Phi) is 2.70. The van der Waals surface area contributed by atoms with E-state index in [2.05, 4.69) is 21.2 Å². The van der Waals surface area contributed by atoms with Gasteiger partial charge in [0.25, 0.3) is 6.01 Å². The molecule has 0 bridgehead atoms. The molecule has 0 saturated carbocycles. The van der Waals surface area contributed by atoms with Crippen LogP contribution in [0.4, 0.5) is 10.4 Å². The Morgan fingerprint density at radius 1 is 1.38 bits per heavy atom. The van der Waals surface area contributed by atoms with Gasteiger partial charge >= 0.3 is 0 Å². The third-order valence-electron chi connectivity index (χ3n) is 3.88. The van der Waals surface area contributed by atoms with Crippen LogP contribution < -0.4 is 4.90 Å². The summed E-state index contributed by atoms with van der Waals surface area (Å²) in [6.45, 7) is 3.70. The van der Waals surface area contributed by atoms with E-state index in [-0.39, 0.29) is 5.82 Å². The van der Waals surface area contributed by atoms with E-state index < -0.39 is 0 Å². The van der Waals surface area contributed by atoms with Crippen LogP contribution in [0.25, 0.3) is 11.1 Å². The summed E-state index contributed by atoms with van der Waals surface area (Å²) in [6.07, 6.45) is 4.91. The van der Waals surface area contributed by atoms with Gasteiger partial charge in [-0.15, -0.1) is 0 Å². The fourth-order valence-corrected chi connectivity index (χ4v) is 2.79. The van der Waals surface area contributed by atoms with E-state index in [9.17, 15) is 4.39 Å². The normalized spacial score (nSPS) is 18.8. The van der Waals surface area contributed by atoms with Gasteiger partial charge in [-0.1, -0.05) is 0 Å². The van der Waals surface area contributed by atoms with Gasteiger partial charge < -0.3 is 9.32 Å². The summed E-state index contributed by atoms with van der Waals surface area (Å²) in [5, 5.41) is 4.37. The summed E-state index contributed by atoms with van der Waals surface area (Å²) in [6, 6.07) is 5.29. The van der Waals surface area contributed by atoms with Crippen molar-refractivity contribution >= 4 is 17.1 Å². The lowest BCUT2D eigenvalue weighted by atomic mass is 10.3. The van der Waals surface area contributed by atoms with Gasteiger partial charge in [0.05, 0.1) is 12.2 Å². The Hall–Kier alpha value is -2.37. The van der Waals surface area contributed by atoms with E-state index in [4.69, 9.17) is 4.42 Å². The molecule has 0 N–H and O–H groups in total. The molecule has 21 heavy (non-hydrogen) atoms. The zero-order valence-corrected chi connectivity index (χ0v) is 11.7. The van der Waals surface area contributed by atoms with Gasteiger partial charge in [0, 0.05) is 25.4 Å². The maximum absolute atomic E-state index is 13.2. The summed E-state index contributed by atoms with van der Waals surface area (Å²) >= 11 is 0. The minimum absolute atomic E-state index is 0.309. The highest BCUT2D eigenvalue weighted by molar-refractivity contribution is 5.74. The van der Waals surface area contributed by atoms with Crippen LogP contribution in [-0.4, -0.2) is 27.9 Å². The standard InChI is InChI=1S/C15H15FN4O/c1-10-7-17-20(8-10)12-4-5-19(9-12)15-18-13-3-2-11(16)6-14(13)21-15/h2-3,6-8,12H,4-5,9H2,1H3. The van der Waals surface area contributed by atoms with Crippen molar-refractivity contribution in [2.24, 2.45) is 0 Å². The fourth-order valence-electron chi connectivity index (χ4n) is 2.79. The van der Waals surface area contributed by atoms with Crippen LogP contribution in [0.2, 0.25) is 0 Å². The summed E-state index contributed by atoms with van der Waals surface area (Å²) in [7, 11) is 0. The van der Waals surface area contributed by atoms with Crippen molar-refractivity contribution in [2.45, 2.75) is 19.4 Å². The molecule has 0 amide bonds. The lowest BCUT2D eigenvalue weighted by Gasteiger charge is -2.13. The molecule has 1 aromatic carbocycles. The molecular formula is C15H15FN4O. The molecule has 2 aromatic heterocycles. The topological polar surface area (TPSA) is 47.1 Å². The van der Waals surface area contributed by atoms with Crippen molar-refractivity contribution < 1.29 is 8.81 Å². The van der Waals surface area contributed by atoms with Gasteiger partial charge in [0.2, 0.25) is 0 Å². The SMILES string of the molecule is Cc1cnn(C2CCN(c3nc4ccc(F)cc4o3)C2)c1. The van der Waals surface area contributed by atoms with Gasteiger partial charge in [0.15, 0.2) is 5.58 Å². The van der Waals surface area contributed by atoms with Gasteiger partial charge in [-0.2, -0.15) is 10.1 Å². The molecule has 1 atom stereocenters. The number of benzene rings is 1. The maximum Gasteiger partial charge on any atom is 0.298 e. The zero-order valence-electron chi connectivity index (χ0n) is 11.7. The van der Waals surface area contributed by atoms with Gasteiger partial charge in [-0.25, -0.2) is 4.39 Å². The molecule has 108 valence electrons. The van der Waals surface area contributed by atoms with Crippen LogP contribution in [0.3, 0.4) is 0 Å². The van der Waals surface area contributed by atoms with Crippen molar-refractivity contribution in [1.29, 1.82) is 0 Å². The molecule has 1 fully saturated rings. The second kappa shape index (κ2) is 4.58. The van der Waals surface area contributed by atoms with Crippen LogP contribution >= 0.6 is 0 Å². The number of rotatable bonds is 2. The van der Waals surface area contributed by atoms with Gasteiger partial charge in [-0.05, 0) is 31.0 Å². The highest BCUT2D eigenvalue weighted by atomic mass is 19.1. The monoisotopic (exact) mass is 286 g/mol. The number of halogens is 1. The minimum Gasteiger partial charge on any atom is -0.423 e. The molecule has 0 aliphatic carbocycles. The number of aryl methyl sites for hydroxylation is 1. The van der Waals surface area contributed by atoms with Crippen LogP contribution in [0.15, 0.2) is 35.0 Å². The lowest BCUT2D eigenvalue weighted by molar-refractivity contribution is 0.490. The van der Waals surface area contributed by atoms with Crippen LogP contribution in [0.5, 0.6) is 0 Å². The summed E-state index contributed by atoms with van der Waals surface area (Å²) in [5.41, 5.74) is 2.33. The number of aromatic nitrogens is 3. The predicted octanol–water partition coefficient (Wildman–Crippen LogP) is 2.92. The van der Waals surface area contributed by atoms with Crippen LogP contribution in [-0.2, 0) is 0 Å². The Morgan fingerprint density at radius 2 is 2.29 bits per heavy atom. The Morgan fingerprint density at radius 3 is 3.10 bits per heavy atom. The number of oxazole rings is 1. The Balaban J connectivity index is 1.59.